The molecular formula is C19H16F3N7O. The third-order valence-corrected chi connectivity index (χ3v) is 5.20. The largest absolute Gasteiger partial charge is 0.416 e. The molecule has 8 nitrogen and oxygen atoms in total. The van der Waals surface area contributed by atoms with Crippen LogP contribution in [0.1, 0.15) is 41.0 Å². The molecule has 1 aliphatic rings. The number of alkyl halides is 3. The van der Waals surface area contributed by atoms with Crippen molar-refractivity contribution in [2.45, 2.75) is 32.1 Å². The van der Waals surface area contributed by atoms with Crippen LogP contribution in [0.25, 0.3) is 0 Å². The maximum atomic E-state index is 13.4. The number of aromatic nitrogens is 5. The number of rotatable bonds is 3. The second-order valence-electron chi connectivity index (χ2n) is 6.93. The zero-order valence-electron chi connectivity index (χ0n) is 15.8. The summed E-state index contributed by atoms with van der Waals surface area (Å²) in [6, 6.07) is 6.63. The van der Waals surface area contributed by atoms with E-state index >= 15 is 0 Å². The normalized spacial score (nSPS) is 14.8. The Morgan fingerprint density at radius 3 is 2.80 bits per heavy atom. The van der Waals surface area contributed by atoms with Gasteiger partial charge in [-0.05, 0) is 18.6 Å². The van der Waals surface area contributed by atoms with E-state index in [-0.39, 0.29) is 17.7 Å². The highest BCUT2D eigenvalue weighted by molar-refractivity contribution is 5.57. The van der Waals surface area contributed by atoms with Crippen LogP contribution in [0.4, 0.5) is 18.9 Å². The molecule has 4 rings (SSSR count). The molecule has 0 unspecified atom stereocenters. The zero-order chi connectivity index (χ0) is 21.5. The molecular weight excluding hydrogens is 399 g/mol. The molecule has 0 radical (unpaired) electrons. The zero-order valence-corrected chi connectivity index (χ0v) is 15.8. The second kappa shape index (κ2) is 7.29. The van der Waals surface area contributed by atoms with Crippen molar-refractivity contribution in [2.75, 3.05) is 11.4 Å². The van der Waals surface area contributed by atoms with Crippen molar-refractivity contribution in [1.29, 1.82) is 5.26 Å². The van der Waals surface area contributed by atoms with Crippen molar-refractivity contribution in [2.24, 2.45) is 0 Å². The molecule has 1 N–H and O–H groups in total. The summed E-state index contributed by atoms with van der Waals surface area (Å²) >= 11 is 0. The first-order chi connectivity index (χ1) is 14.3. The Morgan fingerprint density at radius 1 is 1.30 bits per heavy atom. The lowest BCUT2D eigenvalue weighted by molar-refractivity contribution is -0.138. The van der Waals surface area contributed by atoms with E-state index in [1.165, 1.54) is 23.0 Å². The van der Waals surface area contributed by atoms with Crippen molar-refractivity contribution < 1.29 is 13.2 Å². The lowest BCUT2D eigenvalue weighted by Crippen LogP contribution is -2.33. The number of hydrogen-bond acceptors (Lipinski definition) is 6. The van der Waals surface area contributed by atoms with Gasteiger partial charge >= 0.3 is 6.18 Å². The van der Waals surface area contributed by atoms with Crippen LogP contribution in [0.15, 0.2) is 35.3 Å². The summed E-state index contributed by atoms with van der Waals surface area (Å²) in [4.78, 5) is 13.6. The summed E-state index contributed by atoms with van der Waals surface area (Å²) in [7, 11) is 0. The van der Waals surface area contributed by atoms with Gasteiger partial charge in [0, 0.05) is 13.0 Å². The Balaban J connectivity index is 1.67. The highest BCUT2D eigenvalue weighted by Gasteiger charge is 2.35. The molecule has 154 valence electrons. The number of anilines is 1. The SMILES string of the molecule is C[C@H](c1ccccc1C(F)(F)F)n1nnc2c1CCN(c1cn[nH]c(=O)c1C#N)C2. The molecule has 0 aliphatic carbocycles. The first-order valence-electron chi connectivity index (χ1n) is 9.13. The minimum Gasteiger partial charge on any atom is -0.363 e. The fourth-order valence-corrected chi connectivity index (χ4v) is 3.73. The van der Waals surface area contributed by atoms with E-state index in [0.29, 0.717) is 24.3 Å². The lowest BCUT2D eigenvalue weighted by Gasteiger charge is -2.29. The van der Waals surface area contributed by atoms with E-state index < -0.39 is 23.3 Å². The van der Waals surface area contributed by atoms with Crippen LogP contribution in [0, 0.1) is 11.3 Å². The average Bonchev–Trinajstić information content (AvgIpc) is 3.15. The molecule has 0 fully saturated rings. The third-order valence-electron chi connectivity index (χ3n) is 5.20. The number of halogens is 3. The number of benzene rings is 1. The summed E-state index contributed by atoms with van der Waals surface area (Å²) in [5.74, 6) is 0. The van der Waals surface area contributed by atoms with Gasteiger partial charge in [-0.25, -0.2) is 9.78 Å². The van der Waals surface area contributed by atoms with Crippen LogP contribution in [-0.4, -0.2) is 31.7 Å². The molecule has 3 heterocycles. The van der Waals surface area contributed by atoms with E-state index in [1.54, 1.807) is 17.9 Å². The van der Waals surface area contributed by atoms with Gasteiger partial charge in [-0.1, -0.05) is 23.4 Å². The fourth-order valence-electron chi connectivity index (χ4n) is 3.73. The minimum absolute atomic E-state index is 0.0479. The molecule has 0 amide bonds. The molecule has 0 saturated heterocycles. The monoisotopic (exact) mass is 415 g/mol. The van der Waals surface area contributed by atoms with Crippen LogP contribution in [0.5, 0.6) is 0 Å². The van der Waals surface area contributed by atoms with Crippen LogP contribution in [0.2, 0.25) is 0 Å². The Hall–Kier alpha value is -3.68. The molecule has 1 aliphatic heterocycles. The summed E-state index contributed by atoms with van der Waals surface area (Å²) in [6.07, 6.45) is -2.63. The minimum atomic E-state index is -4.47. The van der Waals surface area contributed by atoms with Crippen LogP contribution >= 0.6 is 0 Å². The van der Waals surface area contributed by atoms with E-state index in [1.807, 2.05) is 6.07 Å². The average molecular weight is 415 g/mol. The van der Waals surface area contributed by atoms with Crippen LogP contribution < -0.4 is 10.5 Å². The van der Waals surface area contributed by atoms with Crippen molar-refractivity contribution >= 4 is 5.69 Å². The smallest absolute Gasteiger partial charge is 0.363 e. The number of nitrogens with zero attached hydrogens (tertiary/aromatic N) is 6. The standard InChI is InChI=1S/C19H16F3N7O/c1-11(12-4-2-3-5-14(12)19(20,21)22)29-16-6-7-28(10-15(16)25-27-29)17-9-24-26-18(30)13(17)8-23/h2-5,9,11H,6-7,10H2,1H3,(H,26,30)/t11-/m1/s1. The van der Waals surface area contributed by atoms with Crippen molar-refractivity contribution in [1.82, 2.24) is 25.2 Å². The molecule has 30 heavy (non-hydrogen) atoms. The molecule has 0 bridgehead atoms. The Labute approximate surface area is 168 Å². The van der Waals surface area contributed by atoms with Gasteiger partial charge in [0.05, 0.1) is 35.7 Å². The third kappa shape index (κ3) is 3.30. The Bertz CT molecular complexity index is 1190. The molecule has 2 aromatic heterocycles. The fraction of sp³-hybridized carbons (Fsp3) is 0.316. The molecule has 1 atom stereocenters. The number of nitrogens with one attached hydrogen (secondary N) is 1. The Kier molecular flexibility index (Phi) is 4.77. The first-order valence-corrected chi connectivity index (χ1v) is 9.13. The van der Waals surface area contributed by atoms with Gasteiger partial charge in [0.2, 0.25) is 0 Å². The molecule has 3 aromatic rings. The van der Waals surface area contributed by atoms with Gasteiger partial charge in [0.25, 0.3) is 5.56 Å². The van der Waals surface area contributed by atoms with E-state index in [4.69, 9.17) is 0 Å². The summed E-state index contributed by atoms with van der Waals surface area (Å²) in [5.41, 5.74) is 0.485. The quantitative estimate of drug-likeness (QED) is 0.705. The highest BCUT2D eigenvalue weighted by atomic mass is 19.4. The summed E-state index contributed by atoms with van der Waals surface area (Å²) < 4.78 is 41.8. The number of H-pyrrole nitrogens is 1. The molecule has 0 saturated carbocycles. The van der Waals surface area contributed by atoms with Crippen molar-refractivity contribution in [3.63, 3.8) is 0 Å². The van der Waals surface area contributed by atoms with Gasteiger partial charge in [0.15, 0.2) is 0 Å². The number of aromatic amines is 1. The van der Waals surface area contributed by atoms with E-state index in [9.17, 15) is 23.2 Å². The maximum Gasteiger partial charge on any atom is 0.416 e. The van der Waals surface area contributed by atoms with Gasteiger partial charge in [0.1, 0.15) is 17.3 Å². The van der Waals surface area contributed by atoms with Crippen LogP contribution in [-0.2, 0) is 19.1 Å². The summed E-state index contributed by atoms with van der Waals surface area (Å²) in [5, 5.41) is 23.5. The molecule has 1 aromatic carbocycles. The molecule has 0 spiro atoms. The lowest BCUT2D eigenvalue weighted by atomic mass is 10.00. The number of hydrogen-bond donors (Lipinski definition) is 1. The highest BCUT2D eigenvalue weighted by Crippen LogP contribution is 2.36. The van der Waals surface area contributed by atoms with Gasteiger partial charge < -0.3 is 4.90 Å². The number of nitriles is 1. The van der Waals surface area contributed by atoms with Gasteiger partial charge in [-0.15, -0.1) is 5.10 Å². The van der Waals surface area contributed by atoms with Gasteiger partial charge in [-0.3, -0.25) is 4.79 Å². The maximum absolute atomic E-state index is 13.4. The first kappa shape index (κ1) is 19.6. The van der Waals surface area contributed by atoms with Crippen molar-refractivity contribution in [3.05, 3.63) is 68.9 Å². The topological polar surface area (TPSA) is 103 Å². The molecule has 11 heteroatoms. The Morgan fingerprint density at radius 2 is 2.07 bits per heavy atom. The predicted molar refractivity (Wildman–Crippen MR) is 99.6 cm³/mol. The predicted octanol–water partition coefficient (Wildman–Crippen LogP) is 2.42. The van der Waals surface area contributed by atoms with E-state index in [2.05, 4.69) is 20.5 Å². The van der Waals surface area contributed by atoms with E-state index in [0.717, 1.165) is 11.8 Å². The van der Waals surface area contributed by atoms with Crippen molar-refractivity contribution in [3.8, 4) is 6.07 Å². The summed E-state index contributed by atoms with van der Waals surface area (Å²) in [6.45, 7) is 2.36. The van der Waals surface area contributed by atoms with Crippen LogP contribution in [0.3, 0.4) is 0 Å². The van der Waals surface area contributed by atoms with Gasteiger partial charge in [-0.2, -0.15) is 23.5 Å². The second-order valence-corrected chi connectivity index (χ2v) is 6.93. The number of fused-ring (bicyclic) bond motifs is 1.